The van der Waals surface area contributed by atoms with Crippen molar-refractivity contribution in [1.29, 1.82) is 0 Å². The predicted octanol–water partition coefficient (Wildman–Crippen LogP) is 3.62. The Morgan fingerprint density at radius 2 is 1.82 bits per heavy atom. The summed E-state index contributed by atoms with van der Waals surface area (Å²) in [6.07, 6.45) is 7.04. The van der Waals surface area contributed by atoms with E-state index < -0.39 is 0 Å². The monoisotopic (exact) mass is 445 g/mol. The summed E-state index contributed by atoms with van der Waals surface area (Å²) in [6.45, 7) is 1.41. The number of aryl methyl sites for hydroxylation is 1. The Labute approximate surface area is 191 Å². The second-order valence-corrected chi connectivity index (χ2v) is 8.23. The number of ether oxygens (including phenoxy) is 1. The van der Waals surface area contributed by atoms with E-state index in [0.717, 1.165) is 23.1 Å². The molecule has 2 aliphatic heterocycles. The summed E-state index contributed by atoms with van der Waals surface area (Å²) in [5.41, 5.74) is 2.70. The van der Waals surface area contributed by atoms with E-state index in [4.69, 9.17) is 4.74 Å². The maximum Gasteiger partial charge on any atom is 0.278 e. The number of fused-ring (bicyclic) bond motifs is 5. The molecule has 0 N–H and O–H groups in total. The van der Waals surface area contributed by atoms with E-state index >= 15 is 0 Å². The van der Waals surface area contributed by atoms with Gasteiger partial charge in [0.25, 0.3) is 5.91 Å². The lowest BCUT2D eigenvalue weighted by Crippen LogP contribution is -2.53. The third kappa shape index (κ3) is 4.26. The second-order valence-electron chi connectivity index (χ2n) is 8.23. The second kappa shape index (κ2) is 8.94. The molecule has 6 nitrogen and oxygen atoms in total. The molecule has 2 aromatic carbocycles. The summed E-state index contributed by atoms with van der Waals surface area (Å²) in [6, 6.07) is 15.8. The first-order valence-electron chi connectivity index (χ1n) is 11.0. The average molecular weight is 445 g/mol. The van der Waals surface area contributed by atoms with Gasteiger partial charge in [-0.2, -0.15) is 0 Å². The van der Waals surface area contributed by atoms with Crippen molar-refractivity contribution in [2.24, 2.45) is 0 Å². The van der Waals surface area contributed by atoms with Crippen LogP contribution in [-0.2, 0) is 19.6 Å². The summed E-state index contributed by atoms with van der Waals surface area (Å²) in [5.74, 6) is -0.474. The van der Waals surface area contributed by atoms with Gasteiger partial charge < -0.3 is 9.64 Å². The number of aromatic nitrogens is 1. The molecule has 2 aliphatic rings. The molecule has 0 unspecified atom stereocenters. The van der Waals surface area contributed by atoms with Gasteiger partial charge in [0.2, 0.25) is 5.43 Å². The largest absolute Gasteiger partial charge is 0.482 e. The molecule has 2 bridgehead atoms. The average Bonchev–Trinajstić information content (AvgIpc) is 2.85. The van der Waals surface area contributed by atoms with Gasteiger partial charge in [0.05, 0.1) is 6.54 Å². The summed E-state index contributed by atoms with van der Waals surface area (Å²) in [5, 5.41) is 1.97. The molecule has 0 atom stereocenters. The highest BCUT2D eigenvalue weighted by atomic mass is 19.1. The molecule has 5 rings (SSSR count). The fourth-order valence-electron chi connectivity index (χ4n) is 4.29. The topological polar surface area (TPSA) is 54.8 Å². The number of amides is 1. The van der Waals surface area contributed by atoms with E-state index in [1.807, 2.05) is 47.5 Å². The van der Waals surface area contributed by atoms with Crippen LogP contribution in [0.3, 0.4) is 0 Å². The Morgan fingerprint density at radius 3 is 2.67 bits per heavy atom. The lowest BCUT2D eigenvalue weighted by molar-refractivity contribution is 0.0703. The van der Waals surface area contributed by atoms with Gasteiger partial charge in [0.15, 0.2) is 11.4 Å². The molecule has 3 aromatic rings. The zero-order chi connectivity index (χ0) is 22.8. The van der Waals surface area contributed by atoms with Crippen molar-refractivity contribution in [3.63, 3.8) is 0 Å². The molecule has 1 aromatic heterocycles. The summed E-state index contributed by atoms with van der Waals surface area (Å²) >= 11 is 0. The van der Waals surface area contributed by atoms with Gasteiger partial charge in [-0.15, -0.1) is 0 Å². The number of pyridine rings is 1. The first-order chi connectivity index (χ1) is 16.1. The Balaban J connectivity index is 1.57. The minimum absolute atomic E-state index is 0.0410. The highest BCUT2D eigenvalue weighted by Crippen LogP contribution is 2.25. The molecule has 0 saturated carbocycles. The molecule has 7 heteroatoms. The smallest absolute Gasteiger partial charge is 0.278 e. The third-order valence-corrected chi connectivity index (χ3v) is 5.98. The van der Waals surface area contributed by atoms with E-state index in [1.165, 1.54) is 12.1 Å². The molecule has 33 heavy (non-hydrogen) atoms. The maximum atomic E-state index is 13.9. The van der Waals surface area contributed by atoms with Crippen LogP contribution >= 0.6 is 0 Å². The van der Waals surface area contributed by atoms with Crippen molar-refractivity contribution < 1.29 is 13.9 Å². The van der Waals surface area contributed by atoms with Crippen LogP contribution in [0.1, 0.15) is 33.6 Å². The molecule has 1 amide bonds. The van der Waals surface area contributed by atoms with E-state index in [0.29, 0.717) is 26.2 Å². The Kier molecular flexibility index (Phi) is 5.69. The number of halogens is 1. The van der Waals surface area contributed by atoms with Crippen LogP contribution in [0, 0.1) is 5.82 Å². The van der Waals surface area contributed by atoms with Crippen molar-refractivity contribution in [1.82, 2.24) is 9.58 Å². The normalized spacial score (nSPS) is 16.5. The van der Waals surface area contributed by atoms with Crippen LogP contribution in [0.2, 0.25) is 0 Å². The van der Waals surface area contributed by atoms with Gasteiger partial charge in [-0.3, -0.25) is 19.3 Å². The fraction of sp³-hybridized carbons (Fsp3) is 0.231. The highest BCUT2D eigenvalue weighted by Gasteiger charge is 2.33. The minimum Gasteiger partial charge on any atom is -0.482 e. The Bertz CT molecular complexity index is 1270. The van der Waals surface area contributed by atoms with Gasteiger partial charge >= 0.3 is 0 Å². The van der Waals surface area contributed by atoms with Crippen LogP contribution in [0.15, 0.2) is 77.7 Å². The number of benzene rings is 2. The number of hydrogen-bond acceptors (Lipinski definition) is 4. The summed E-state index contributed by atoms with van der Waals surface area (Å²) in [7, 11) is 0. The van der Waals surface area contributed by atoms with Gasteiger partial charge in [-0.1, -0.05) is 48.6 Å². The van der Waals surface area contributed by atoms with E-state index in [2.05, 4.69) is 0 Å². The first kappa shape index (κ1) is 21.0. The number of nitrogens with zero attached hydrogens (tertiary/aromatic N) is 3. The maximum absolute atomic E-state index is 13.9. The number of carbonyl (C=O) groups excluding carboxylic acids is 1. The standard InChI is InChI=1S/C26H24FN3O3/c27-22-11-10-21-16-29-18-28(13-6-2-5-9-20(21)15-22)26(32)24-25(23(31)12-14-30(24)29)33-17-19-7-3-1-4-8-19/h1-4,6-8,10-12,14-15H,5,9,13,16-18H2/b6-2+. The predicted molar refractivity (Wildman–Crippen MR) is 123 cm³/mol. The van der Waals surface area contributed by atoms with Crippen LogP contribution in [-0.4, -0.2) is 28.7 Å². The molecular formula is C26H24FN3O3. The van der Waals surface area contributed by atoms with E-state index in [9.17, 15) is 14.0 Å². The molecule has 0 fully saturated rings. The molecule has 0 aliphatic carbocycles. The van der Waals surface area contributed by atoms with Crippen molar-refractivity contribution in [2.75, 3.05) is 18.2 Å². The number of rotatable bonds is 3. The fourth-order valence-corrected chi connectivity index (χ4v) is 4.29. The SMILES string of the molecule is O=C1c2c(OCc3ccccc3)c(=O)ccn2N2Cc3ccc(F)cc3CC/C=C/CN1C2. The number of carbonyl (C=O) groups is 1. The summed E-state index contributed by atoms with van der Waals surface area (Å²) < 4.78 is 21.5. The van der Waals surface area contributed by atoms with Crippen molar-refractivity contribution in [2.45, 2.75) is 26.0 Å². The van der Waals surface area contributed by atoms with Crippen molar-refractivity contribution in [3.8, 4) is 5.75 Å². The lowest BCUT2D eigenvalue weighted by atomic mass is 10.0. The Morgan fingerprint density at radius 1 is 0.970 bits per heavy atom. The lowest BCUT2D eigenvalue weighted by Gasteiger charge is -2.39. The third-order valence-electron chi connectivity index (χ3n) is 5.98. The van der Waals surface area contributed by atoms with Gasteiger partial charge in [0, 0.05) is 18.8 Å². The first-order valence-corrected chi connectivity index (χ1v) is 11.0. The quantitative estimate of drug-likeness (QED) is 0.578. The molecule has 0 spiro atoms. The zero-order valence-corrected chi connectivity index (χ0v) is 18.1. The van der Waals surface area contributed by atoms with Crippen LogP contribution in [0.25, 0.3) is 0 Å². The Hall–Kier alpha value is -3.87. The van der Waals surface area contributed by atoms with Crippen LogP contribution < -0.4 is 15.2 Å². The number of hydrogen-bond donors (Lipinski definition) is 0. The van der Waals surface area contributed by atoms with Crippen LogP contribution in [0.5, 0.6) is 5.75 Å². The van der Waals surface area contributed by atoms with Gasteiger partial charge in [-0.05, 0) is 41.7 Å². The van der Waals surface area contributed by atoms with Crippen LogP contribution in [0.4, 0.5) is 4.39 Å². The highest BCUT2D eigenvalue weighted by molar-refractivity contribution is 5.96. The van der Waals surface area contributed by atoms with E-state index in [1.54, 1.807) is 27.9 Å². The molecule has 0 radical (unpaired) electrons. The minimum atomic E-state index is -0.338. The zero-order valence-electron chi connectivity index (χ0n) is 18.1. The van der Waals surface area contributed by atoms with Gasteiger partial charge in [-0.25, -0.2) is 4.39 Å². The molecular weight excluding hydrogens is 421 g/mol. The van der Waals surface area contributed by atoms with Crippen molar-refractivity contribution >= 4 is 5.91 Å². The van der Waals surface area contributed by atoms with Gasteiger partial charge in [0.1, 0.15) is 19.1 Å². The summed E-state index contributed by atoms with van der Waals surface area (Å²) in [4.78, 5) is 27.9. The molecule has 168 valence electrons. The molecule has 0 saturated heterocycles. The molecule has 3 heterocycles. The number of allylic oxidation sites excluding steroid dienone is 1. The van der Waals surface area contributed by atoms with E-state index in [-0.39, 0.29) is 35.2 Å². The van der Waals surface area contributed by atoms with Crippen molar-refractivity contribution in [3.05, 3.63) is 111 Å².